The van der Waals surface area contributed by atoms with E-state index in [-0.39, 0.29) is 5.82 Å². The maximum atomic E-state index is 15.4. The predicted molar refractivity (Wildman–Crippen MR) is 99.0 cm³/mol. The van der Waals surface area contributed by atoms with Gasteiger partial charge in [0.05, 0.1) is 6.61 Å². The molecule has 2 heterocycles. The van der Waals surface area contributed by atoms with E-state index in [0.29, 0.717) is 0 Å². The molecule has 1 unspecified atom stereocenters. The molecule has 1 saturated heterocycles. The molecule has 2 rings (SSSR count). The Morgan fingerprint density at radius 2 is 2.15 bits per heavy atom. The average molecular weight is 400 g/mol. The summed E-state index contributed by atoms with van der Waals surface area (Å²) in [6.45, 7) is 5.02. The number of azide groups is 1. The van der Waals surface area contributed by atoms with Gasteiger partial charge in [0, 0.05) is 11.1 Å². The Labute approximate surface area is 156 Å². The summed E-state index contributed by atoms with van der Waals surface area (Å²) in [4.78, 5) is 18.5. The fourth-order valence-corrected chi connectivity index (χ4v) is 6.11. The molecular weight excluding hydrogens is 375 g/mol. The first-order valence-corrected chi connectivity index (χ1v) is 11.4. The fraction of sp³-hybridized carbons (Fsp3) is 0.733. The van der Waals surface area contributed by atoms with Gasteiger partial charge in [-0.1, -0.05) is 25.9 Å². The van der Waals surface area contributed by atoms with Crippen LogP contribution in [0.3, 0.4) is 0 Å². The summed E-state index contributed by atoms with van der Waals surface area (Å²) in [5, 5.41) is 13.0. The number of aliphatic hydroxyl groups excluding tert-OH is 1. The molecule has 0 aliphatic carbocycles. The topological polar surface area (TPSA) is 148 Å². The van der Waals surface area contributed by atoms with Crippen LogP contribution >= 0.6 is 0 Å². The van der Waals surface area contributed by atoms with Crippen molar-refractivity contribution in [2.45, 2.75) is 63.1 Å². The van der Waals surface area contributed by atoms with Crippen molar-refractivity contribution < 1.29 is 18.7 Å². The van der Waals surface area contributed by atoms with E-state index in [1.165, 1.54) is 12.3 Å². The van der Waals surface area contributed by atoms with Gasteiger partial charge in [-0.05, 0) is 29.7 Å². The third kappa shape index (κ3) is 3.85. The van der Waals surface area contributed by atoms with Crippen molar-refractivity contribution >= 4 is 14.1 Å². The van der Waals surface area contributed by atoms with Gasteiger partial charge >= 0.3 is 5.69 Å². The second-order valence-electron chi connectivity index (χ2n) is 6.47. The normalized spacial score (nSPS) is 28.1. The number of nitrogens with zero attached hydrogens (tertiary/aromatic N) is 5. The van der Waals surface area contributed by atoms with E-state index >= 15 is 4.39 Å². The summed E-state index contributed by atoms with van der Waals surface area (Å²) in [6.07, 6.45) is -3.15. The molecule has 0 amide bonds. The Hall–Kier alpha value is -1.98. The Bertz CT molecular complexity index is 761. The maximum Gasteiger partial charge on any atom is 0.351 e. The van der Waals surface area contributed by atoms with Crippen molar-refractivity contribution in [3.05, 3.63) is 33.2 Å². The van der Waals surface area contributed by atoms with E-state index in [9.17, 15) is 9.90 Å². The first kappa shape index (κ1) is 21.3. The minimum atomic E-state index is -2.32. The summed E-state index contributed by atoms with van der Waals surface area (Å²) in [6, 6.07) is 3.57. The highest BCUT2D eigenvalue weighted by Crippen LogP contribution is 2.43. The number of halogens is 1. The number of aliphatic hydroxyl groups is 1. The first-order chi connectivity index (χ1) is 12.8. The minimum absolute atomic E-state index is 0.00590. The molecule has 27 heavy (non-hydrogen) atoms. The summed E-state index contributed by atoms with van der Waals surface area (Å²) in [5.41, 5.74) is 11.4. The van der Waals surface area contributed by atoms with Crippen LogP contribution in [0.1, 0.15) is 27.0 Å². The zero-order chi connectivity index (χ0) is 20.2. The number of rotatable bonds is 8. The van der Waals surface area contributed by atoms with Crippen molar-refractivity contribution in [2.75, 3.05) is 12.3 Å². The van der Waals surface area contributed by atoms with Crippen molar-refractivity contribution in [3.8, 4) is 0 Å². The molecule has 1 aromatic rings. The molecule has 1 fully saturated rings. The van der Waals surface area contributed by atoms with E-state index in [0.717, 1.165) is 22.7 Å². The zero-order valence-corrected chi connectivity index (χ0v) is 16.6. The van der Waals surface area contributed by atoms with E-state index in [1.807, 2.05) is 20.8 Å². The molecule has 0 spiro atoms. The van der Waals surface area contributed by atoms with Crippen LogP contribution in [-0.4, -0.2) is 47.6 Å². The van der Waals surface area contributed by atoms with E-state index in [4.69, 9.17) is 20.4 Å². The number of hydrogen-bond donors (Lipinski definition) is 2. The molecule has 10 nitrogen and oxygen atoms in total. The van der Waals surface area contributed by atoms with Gasteiger partial charge in [-0.2, -0.15) is 4.98 Å². The number of alkyl halides is 1. The van der Waals surface area contributed by atoms with Crippen LogP contribution in [0.2, 0.25) is 18.1 Å². The summed E-state index contributed by atoms with van der Waals surface area (Å²) < 4.78 is 28.2. The largest absolute Gasteiger partial charge is 0.406 e. The van der Waals surface area contributed by atoms with Crippen molar-refractivity contribution in [2.24, 2.45) is 5.11 Å². The number of nitrogens with two attached hydrogens (primary N) is 1. The quantitative estimate of drug-likeness (QED) is 0.295. The van der Waals surface area contributed by atoms with Crippen LogP contribution < -0.4 is 11.4 Å². The van der Waals surface area contributed by atoms with Crippen LogP contribution in [0.25, 0.3) is 10.4 Å². The average Bonchev–Trinajstić information content (AvgIpc) is 2.92. The second-order valence-corrected chi connectivity index (χ2v) is 11.2. The molecule has 3 N–H and O–H groups in total. The van der Waals surface area contributed by atoms with Crippen molar-refractivity contribution in [1.82, 2.24) is 9.55 Å². The summed E-state index contributed by atoms with van der Waals surface area (Å²) in [7, 11) is -2.32. The highest BCUT2D eigenvalue weighted by molar-refractivity contribution is 6.73. The predicted octanol–water partition coefficient (Wildman–Crippen LogP) is 2.08. The van der Waals surface area contributed by atoms with Crippen molar-refractivity contribution in [3.63, 3.8) is 0 Å². The number of aromatic nitrogens is 2. The molecule has 0 bridgehead atoms. The summed E-state index contributed by atoms with van der Waals surface area (Å²) >= 11 is 0. The molecule has 1 aromatic heterocycles. The Balaban J connectivity index is 2.56. The highest BCUT2D eigenvalue weighted by Gasteiger charge is 2.58. The van der Waals surface area contributed by atoms with Crippen molar-refractivity contribution in [1.29, 1.82) is 0 Å². The molecular formula is C15H25FN6O4Si. The lowest BCUT2D eigenvalue weighted by atomic mass is 10.1. The Morgan fingerprint density at radius 3 is 2.63 bits per heavy atom. The molecule has 150 valence electrons. The van der Waals surface area contributed by atoms with Crippen LogP contribution in [0.15, 0.2) is 22.2 Å². The lowest BCUT2D eigenvalue weighted by Gasteiger charge is -2.34. The van der Waals surface area contributed by atoms with Gasteiger partial charge in [-0.3, -0.25) is 4.57 Å². The van der Waals surface area contributed by atoms with Gasteiger partial charge in [0.25, 0.3) is 0 Å². The third-order valence-corrected chi connectivity index (χ3v) is 9.85. The van der Waals surface area contributed by atoms with Gasteiger partial charge in [0.1, 0.15) is 11.9 Å². The monoisotopic (exact) mass is 400 g/mol. The van der Waals surface area contributed by atoms with Crippen LogP contribution in [-0.2, 0) is 9.16 Å². The zero-order valence-electron chi connectivity index (χ0n) is 15.6. The van der Waals surface area contributed by atoms with Crippen LogP contribution in [0.5, 0.6) is 0 Å². The first-order valence-electron chi connectivity index (χ1n) is 8.83. The molecule has 0 aromatic carbocycles. The lowest BCUT2D eigenvalue weighted by molar-refractivity contribution is -0.115. The molecule has 0 saturated carbocycles. The van der Waals surface area contributed by atoms with Gasteiger partial charge in [-0.25, -0.2) is 9.18 Å². The van der Waals surface area contributed by atoms with E-state index in [2.05, 4.69) is 15.0 Å². The third-order valence-electron chi connectivity index (χ3n) is 5.21. The Morgan fingerprint density at radius 1 is 1.52 bits per heavy atom. The number of anilines is 1. The summed E-state index contributed by atoms with van der Waals surface area (Å²) in [5.74, 6) is 0.00590. The van der Waals surface area contributed by atoms with Crippen LogP contribution in [0.4, 0.5) is 10.2 Å². The van der Waals surface area contributed by atoms with Gasteiger partial charge in [-0.15, -0.1) is 0 Å². The number of nitrogen functional groups attached to an aromatic ring is 1. The lowest BCUT2D eigenvalue weighted by Crippen LogP contribution is -2.48. The molecule has 4 atom stereocenters. The molecule has 1 aliphatic heterocycles. The van der Waals surface area contributed by atoms with E-state index < -0.39 is 44.8 Å². The highest BCUT2D eigenvalue weighted by atomic mass is 28.4. The number of hydrogen-bond acceptors (Lipinski definition) is 7. The van der Waals surface area contributed by atoms with Gasteiger partial charge < -0.3 is 20.0 Å². The smallest absolute Gasteiger partial charge is 0.351 e. The molecule has 0 radical (unpaired) electrons. The Kier molecular flexibility index (Phi) is 6.60. The van der Waals surface area contributed by atoms with Gasteiger partial charge in [0.2, 0.25) is 5.72 Å². The standard InChI is InChI=1S/C15H25FN6O4Si/c1-4-27(5-2,6-3)26-11-12(16)15(9-23,20-21-18)25-13(11)22-8-7-10(17)19-14(22)24/h7-8,11-13,23H,4-6,9H2,1-3H3,(H2,17,19,24)/t11-,12+,13?,15-/m1/s1. The second kappa shape index (κ2) is 8.36. The molecule has 12 heteroatoms. The number of ether oxygens (including phenoxy) is 1. The van der Waals surface area contributed by atoms with Crippen LogP contribution in [0, 0.1) is 0 Å². The minimum Gasteiger partial charge on any atom is -0.406 e. The van der Waals surface area contributed by atoms with E-state index in [1.54, 1.807) is 0 Å². The SMILES string of the molecule is CC[Si](CC)(CC)O[C@H]1C(n2ccc(N)nc2=O)O[C@@](CO)(N=[N+]=[N-])[C@H]1F. The molecule has 1 aliphatic rings. The maximum absolute atomic E-state index is 15.4. The van der Waals surface area contributed by atoms with Gasteiger partial charge in [0.15, 0.2) is 20.7 Å². The fourth-order valence-electron chi connectivity index (χ4n) is 3.29.